The number of aliphatic hydroxyl groups excluding tert-OH is 1. The molecule has 0 radical (unpaired) electrons. The molecule has 1 atom stereocenters. The summed E-state index contributed by atoms with van der Waals surface area (Å²) in [5, 5.41) is 15.6. The van der Waals surface area contributed by atoms with Gasteiger partial charge in [-0.3, -0.25) is 9.59 Å². The molecule has 3 rings (SSSR count). The van der Waals surface area contributed by atoms with Gasteiger partial charge in [-0.2, -0.15) is 0 Å². The van der Waals surface area contributed by atoms with Gasteiger partial charge in [0, 0.05) is 15.4 Å². The number of nitrogens with one attached hydrogen (secondary N) is 2. The Morgan fingerprint density at radius 1 is 0.964 bits per heavy atom. The normalized spacial score (nSPS) is 11.6. The third-order valence-corrected chi connectivity index (χ3v) is 5.45. The minimum Gasteiger partial charge on any atom is -0.383 e. The Morgan fingerprint density at radius 2 is 1.68 bits per heavy atom. The quantitative estimate of drug-likeness (QED) is 0.559. The number of aliphatic hydroxyl groups is 1. The first-order valence-corrected chi connectivity index (χ1v) is 9.88. The summed E-state index contributed by atoms with van der Waals surface area (Å²) >= 11 is 1.40. The number of thiophene rings is 1. The summed E-state index contributed by atoms with van der Waals surface area (Å²) in [4.78, 5) is 25.7. The second-order valence-electron chi connectivity index (χ2n) is 6.30. The van der Waals surface area contributed by atoms with E-state index in [1.165, 1.54) is 11.3 Å². The molecule has 1 aromatic heterocycles. The van der Waals surface area contributed by atoms with Crippen molar-refractivity contribution >= 4 is 28.8 Å². The summed E-state index contributed by atoms with van der Waals surface area (Å²) in [5.74, 6) is -1.40. The minimum absolute atomic E-state index is 0.229. The number of amides is 2. The van der Waals surface area contributed by atoms with Crippen molar-refractivity contribution in [2.45, 2.75) is 26.0 Å². The summed E-state index contributed by atoms with van der Waals surface area (Å²) in [5.41, 5.74) is 2.56. The van der Waals surface area contributed by atoms with Crippen LogP contribution in [0.5, 0.6) is 0 Å². The van der Waals surface area contributed by atoms with E-state index in [-0.39, 0.29) is 6.54 Å². The molecule has 3 N–H and O–H groups in total. The SMILES string of the molecule is CCc1ccc(NC(=O)C(=O)NCc2ccc(C(O)c3ccccc3)s2)cc1. The average Bonchev–Trinajstić information content (AvgIpc) is 3.21. The predicted molar refractivity (Wildman–Crippen MR) is 111 cm³/mol. The molecule has 6 heteroatoms. The molecule has 1 unspecified atom stereocenters. The van der Waals surface area contributed by atoms with Gasteiger partial charge in [0.15, 0.2) is 0 Å². The average molecular weight is 394 g/mol. The zero-order valence-corrected chi connectivity index (χ0v) is 16.3. The minimum atomic E-state index is -0.704. The first-order valence-electron chi connectivity index (χ1n) is 9.06. The second-order valence-corrected chi connectivity index (χ2v) is 7.50. The molecule has 0 bridgehead atoms. The van der Waals surface area contributed by atoms with E-state index >= 15 is 0 Å². The largest absolute Gasteiger partial charge is 0.383 e. The lowest BCUT2D eigenvalue weighted by atomic mass is 10.1. The Bertz CT molecular complexity index is 936. The van der Waals surface area contributed by atoms with Gasteiger partial charge in [0.25, 0.3) is 0 Å². The number of benzene rings is 2. The summed E-state index contributed by atoms with van der Waals surface area (Å²) in [6.45, 7) is 2.28. The zero-order valence-electron chi connectivity index (χ0n) is 15.5. The van der Waals surface area contributed by atoms with Crippen molar-refractivity contribution in [3.05, 3.63) is 87.6 Å². The fourth-order valence-electron chi connectivity index (χ4n) is 2.70. The Hall–Kier alpha value is -2.96. The van der Waals surface area contributed by atoms with Crippen molar-refractivity contribution in [3.8, 4) is 0 Å². The number of carbonyl (C=O) groups is 2. The molecule has 3 aromatic rings. The first-order chi connectivity index (χ1) is 13.6. The molecule has 0 aliphatic rings. The summed E-state index contributed by atoms with van der Waals surface area (Å²) in [6, 6.07) is 20.4. The van der Waals surface area contributed by atoms with E-state index in [1.54, 1.807) is 12.1 Å². The van der Waals surface area contributed by atoms with Crippen LogP contribution in [0.25, 0.3) is 0 Å². The molecule has 0 saturated carbocycles. The lowest BCUT2D eigenvalue weighted by molar-refractivity contribution is -0.136. The van der Waals surface area contributed by atoms with Crippen LogP contribution in [0.15, 0.2) is 66.7 Å². The fraction of sp³-hybridized carbons (Fsp3) is 0.182. The van der Waals surface area contributed by atoms with Gasteiger partial charge in [0.05, 0.1) is 6.54 Å². The van der Waals surface area contributed by atoms with Gasteiger partial charge in [0.1, 0.15) is 6.10 Å². The summed E-state index contributed by atoms with van der Waals surface area (Å²) in [6.07, 6.45) is 0.210. The fourth-order valence-corrected chi connectivity index (χ4v) is 3.66. The molecule has 2 aromatic carbocycles. The number of rotatable bonds is 6. The second kappa shape index (κ2) is 9.30. The van der Waals surface area contributed by atoms with Crippen molar-refractivity contribution in [2.75, 3.05) is 5.32 Å². The zero-order chi connectivity index (χ0) is 19.9. The van der Waals surface area contributed by atoms with Gasteiger partial charge >= 0.3 is 11.8 Å². The Labute approximate surface area is 168 Å². The number of anilines is 1. The van der Waals surface area contributed by atoms with Gasteiger partial charge in [-0.15, -0.1) is 11.3 Å². The molecule has 1 heterocycles. The highest BCUT2D eigenvalue weighted by Crippen LogP contribution is 2.28. The molecule has 0 aliphatic carbocycles. The highest BCUT2D eigenvalue weighted by Gasteiger charge is 2.16. The maximum absolute atomic E-state index is 12.0. The van der Waals surface area contributed by atoms with Crippen LogP contribution in [0.4, 0.5) is 5.69 Å². The first kappa shape index (κ1) is 19.8. The molecular formula is C22H22N2O3S. The van der Waals surface area contributed by atoms with E-state index < -0.39 is 17.9 Å². The molecule has 0 spiro atoms. The Kier molecular flexibility index (Phi) is 6.57. The maximum atomic E-state index is 12.0. The molecule has 5 nitrogen and oxygen atoms in total. The molecule has 28 heavy (non-hydrogen) atoms. The summed E-state index contributed by atoms with van der Waals surface area (Å²) in [7, 11) is 0. The lowest BCUT2D eigenvalue weighted by Gasteiger charge is -2.08. The standard InChI is InChI=1S/C22H22N2O3S/c1-2-15-8-10-17(11-9-15)24-22(27)21(26)23-14-18-12-13-19(28-18)20(25)16-6-4-3-5-7-16/h3-13,20,25H,2,14H2,1H3,(H,23,26)(H,24,27). The lowest BCUT2D eigenvalue weighted by Crippen LogP contribution is -2.34. The van der Waals surface area contributed by atoms with Crippen LogP contribution in [0.3, 0.4) is 0 Å². The van der Waals surface area contributed by atoms with Gasteiger partial charge in [-0.25, -0.2) is 0 Å². The van der Waals surface area contributed by atoms with Crippen LogP contribution >= 0.6 is 11.3 Å². The number of carbonyl (C=O) groups excluding carboxylic acids is 2. The number of hydrogen-bond donors (Lipinski definition) is 3. The van der Waals surface area contributed by atoms with Crippen LogP contribution in [0.1, 0.15) is 33.9 Å². The van der Waals surface area contributed by atoms with E-state index in [0.29, 0.717) is 5.69 Å². The van der Waals surface area contributed by atoms with Crippen molar-refractivity contribution < 1.29 is 14.7 Å². The van der Waals surface area contributed by atoms with E-state index in [2.05, 4.69) is 17.6 Å². The van der Waals surface area contributed by atoms with Crippen molar-refractivity contribution in [1.82, 2.24) is 5.32 Å². The molecule has 0 fully saturated rings. The molecule has 2 amide bonds. The molecule has 0 aliphatic heterocycles. The van der Waals surface area contributed by atoms with Gasteiger partial charge in [-0.1, -0.05) is 49.4 Å². The number of hydrogen-bond acceptors (Lipinski definition) is 4. The molecule has 0 saturated heterocycles. The van der Waals surface area contributed by atoms with Crippen LogP contribution in [-0.4, -0.2) is 16.9 Å². The van der Waals surface area contributed by atoms with Crippen LogP contribution in [0, 0.1) is 0 Å². The van der Waals surface area contributed by atoms with E-state index in [4.69, 9.17) is 0 Å². The third-order valence-electron chi connectivity index (χ3n) is 4.32. The van der Waals surface area contributed by atoms with Gasteiger partial charge in [-0.05, 0) is 41.8 Å². The maximum Gasteiger partial charge on any atom is 0.313 e. The number of aryl methyl sites for hydroxylation is 1. The molecular weight excluding hydrogens is 372 g/mol. The highest BCUT2D eigenvalue weighted by molar-refractivity contribution is 7.12. The predicted octanol–water partition coefficient (Wildman–Crippen LogP) is 3.65. The van der Waals surface area contributed by atoms with Crippen LogP contribution < -0.4 is 10.6 Å². The Morgan fingerprint density at radius 3 is 2.36 bits per heavy atom. The smallest absolute Gasteiger partial charge is 0.313 e. The molecule has 144 valence electrons. The Balaban J connectivity index is 1.53. The van der Waals surface area contributed by atoms with Gasteiger partial charge < -0.3 is 15.7 Å². The topological polar surface area (TPSA) is 78.4 Å². The van der Waals surface area contributed by atoms with Crippen molar-refractivity contribution in [2.24, 2.45) is 0 Å². The highest BCUT2D eigenvalue weighted by atomic mass is 32.1. The monoisotopic (exact) mass is 394 g/mol. The van der Waals surface area contributed by atoms with Crippen LogP contribution in [-0.2, 0) is 22.6 Å². The van der Waals surface area contributed by atoms with Gasteiger partial charge in [0.2, 0.25) is 0 Å². The van der Waals surface area contributed by atoms with Crippen LogP contribution in [0.2, 0.25) is 0 Å². The summed E-state index contributed by atoms with van der Waals surface area (Å²) < 4.78 is 0. The van der Waals surface area contributed by atoms with E-state index in [1.807, 2.05) is 54.6 Å². The van der Waals surface area contributed by atoms with Crippen molar-refractivity contribution in [3.63, 3.8) is 0 Å². The van der Waals surface area contributed by atoms with Crippen molar-refractivity contribution in [1.29, 1.82) is 0 Å². The van der Waals surface area contributed by atoms with E-state index in [0.717, 1.165) is 27.3 Å². The third kappa shape index (κ3) is 5.06. The van der Waals surface area contributed by atoms with E-state index in [9.17, 15) is 14.7 Å².